The van der Waals surface area contributed by atoms with Gasteiger partial charge in [-0.2, -0.15) is 9.65 Å². The average molecular weight is 180 g/mol. The molecule has 0 radical (unpaired) electrons. The maximum Gasteiger partial charge on any atom is 0.236 e. The molecule has 0 aliphatic heterocycles. The predicted octanol–water partition coefficient (Wildman–Crippen LogP) is 0.716. The monoisotopic (exact) mass is 180 g/mol. The van der Waals surface area contributed by atoms with E-state index in [0.717, 1.165) is 0 Å². The molecule has 0 spiro atoms. The van der Waals surface area contributed by atoms with Gasteiger partial charge < -0.3 is 11.5 Å². The van der Waals surface area contributed by atoms with Crippen molar-refractivity contribution in [3.8, 4) is 6.07 Å². The van der Waals surface area contributed by atoms with Gasteiger partial charge in [0, 0.05) is 12.2 Å². The van der Waals surface area contributed by atoms with Crippen LogP contribution >= 0.6 is 0 Å². The van der Waals surface area contributed by atoms with Crippen molar-refractivity contribution in [1.82, 2.24) is 4.98 Å². The number of nitrogens with zero attached hydrogens (tertiary/aromatic N) is 2. The molecule has 13 heavy (non-hydrogen) atoms. The first-order valence-corrected chi connectivity index (χ1v) is 3.68. The summed E-state index contributed by atoms with van der Waals surface area (Å²) in [4.78, 5) is 3.40. The molecular weight excluding hydrogens is 171 g/mol. The second-order valence-electron chi connectivity index (χ2n) is 2.62. The van der Waals surface area contributed by atoms with Crippen molar-refractivity contribution in [2.45, 2.75) is 12.5 Å². The summed E-state index contributed by atoms with van der Waals surface area (Å²) in [6.45, 7) is 0. The van der Waals surface area contributed by atoms with E-state index in [-0.39, 0.29) is 12.1 Å². The van der Waals surface area contributed by atoms with Gasteiger partial charge in [0.05, 0.1) is 18.2 Å². The quantitative estimate of drug-likeness (QED) is 0.656. The molecule has 0 unspecified atom stereocenters. The van der Waals surface area contributed by atoms with E-state index in [2.05, 4.69) is 4.98 Å². The van der Waals surface area contributed by atoms with Gasteiger partial charge in [0.1, 0.15) is 0 Å². The van der Waals surface area contributed by atoms with Gasteiger partial charge in [-0.3, -0.25) is 0 Å². The molecule has 0 aliphatic carbocycles. The fourth-order valence-corrected chi connectivity index (χ4v) is 0.901. The van der Waals surface area contributed by atoms with E-state index in [1.807, 2.05) is 6.07 Å². The minimum absolute atomic E-state index is 0.0501. The van der Waals surface area contributed by atoms with Crippen LogP contribution in [0, 0.1) is 17.3 Å². The summed E-state index contributed by atoms with van der Waals surface area (Å²) >= 11 is 0. The van der Waals surface area contributed by atoms with Gasteiger partial charge in [0.15, 0.2) is 0 Å². The largest absolute Gasteiger partial charge is 0.395 e. The molecular formula is C8H9FN4. The number of nitriles is 1. The van der Waals surface area contributed by atoms with Gasteiger partial charge in [-0.05, 0) is 11.6 Å². The van der Waals surface area contributed by atoms with Crippen LogP contribution in [0.2, 0.25) is 0 Å². The Morgan fingerprint density at radius 2 is 2.38 bits per heavy atom. The lowest BCUT2D eigenvalue weighted by Crippen LogP contribution is -2.10. The Morgan fingerprint density at radius 1 is 1.69 bits per heavy atom. The highest BCUT2D eigenvalue weighted by atomic mass is 19.1. The van der Waals surface area contributed by atoms with Gasteiger partial charge >= 0.3 is 0 Å². The zero-order valence-electron chi connectivity index (χ0n) is 6.87. The molecule has 4 nitrogen and oxygen atoms in total. The van der Waals surface area contributed by atoms with E-state index in [1.165, 1.54) is 12.3 Å². The number of hydrogen-bond donors (Lipinski definition) is 2. The first-order valence-electron chi connectivity index (χ1n) is 3.68. The van der Waals surface area contributed by atoms with Crippen LogP contribution in [-0.2, 0) is 0 Å². The molecule has 0 bridgehead atoms. The van der Waals surface area contributed by atoms with Crippen LogP contribution in [0.1, 0.15) is 18.0 Å². The Bertz CT molecular complexity index is 344. The molecule has 0 fully saturated rings. The highest BCUT2D eigenvalue weighted by Crippen LogP contribution is 2.16. The number of pyridine rings is 1. The summed E-state index contributed by atoms with van der Waals surface area (Å²) in [5.74, 6) is -0.715. The molecule has 0 aliphatic rings. The topological polar surface area (TPSA) is 88.7 Å². The maximum atomic E-state index is 12.6. The Balaban J connectivity index is 2.91. The molecule has 1 rings (SSSR count). The van der Waals surface area contributed by atoms with E-state index < -0.39 is 12.0 Å². The Hall–Kier alpha value is -1.67. The van der Waals surface area contributed by atoms with E-state index in [1.54, 1.807) is 0 Å². The molecule has 5 heteroatoms. The highest BCUT2D eigenvalue weighted by molar-refractivity contribution is 5.39. The van der Waals surface area contributed by atoms with Crippen LogP contribution in [-0.4, -0.2) is 4.98 Å². The lowest BCUT2D eigenvalue weighted by Gasteiger charge is -2.07. The lowest BCUT2D eigenvalue weighted by molar-refractivity contribution is 0.585. The molecule has 1 atom stereocenters. The number of aromatic nitrogens is 1. The normalized spacial score (nSPS) is 12.1. The van der Waals surface area contributed by atoms with Crippen LogP contribution in [0.15, 0.2) is 12.3 Å². The number of halogens is 1. The average Bonchev–Trinajstić information content (AvgIpc) is 2.10. The van der Waals surface area contributed by atoms with Gasteiger partial charge in [0.25, 0.3) is 0 Å². The Labute approximate surface area is 75.0 Å². The number of anilines is 1. The molecule has 0 saturated carbocycles. The standard InChI is InChI=1S/C8H9FN4/c9-8-7(12)3-5(4-13-8)6(11)1-2-10/h3-4,6H,1,11-12H2/t6-/m0/s1. The van der Waals surface area contributed by atoms with Crippen molar-refractivity contribution >= 4 is 5.69 Å². The van der Waals surface area contributed by atoms with Crippen LogP contribution < -0.4 is 11.5 Å². The summed E-state index contributed by atoms with van der Waals surface area (Å²) in [6.07, 6.45) is 1.44. The van der Waals surface area contributed by atoms with Crippen LogP contribution in [0.5, 0.6) is 0 Å². The summed E-state index contributed by atoms with van der Waals surface area (Å²) in [5, 5.41) is 8.37. The third-order valence-corrected chi connectivity index (χ3v) is 1.63. The van der Waals surface area contributed by atoms with E-state index in [4.69, 9.17) is 16.7 Å². The van der Waals surface area contributed by atoms with Gasteiger partial charge in [-0.15, -0.1) is 0 Å². The van der Waals surface area contributed by atoms with Crippen molar-refractivity contribution in [1.29, 1.82) is 5.26 Å². The zero-order valence-corrected chi connectivity index (χ0v) is 6.87. The van der Waals surface area contributed by atoms with Crippen LogP contribution in [0.3, 0.4) is 0 Å². The highest BCUT2D eigenvalue weighted by Gasteiger charge is 2.08. The first-order chi connectivity index (χ1) is 6.15. The fourth-order valence-electron chi connectivity index (χ4n) is 0.901. The van der Waals surface area contributed by atoms with Crippen molar-refractivity contribution in [2.75, 3.05) is 5.73 Å². The molecule has 1 heterocycles. The lowest BCUT2D eigenvalue weighted by atomic mass is 10.1. The summed E-state index contributed by atoms with van der Waals surface area (Å²) in [5.41, 5.74) is 11.4. The van der Waals surface area contributed by atoms with Crippen molar-refractivity contribution in [3.63, 3.8) is 0 Å². The molecule has 1 aromatic rings. The van der Waals surface area contributed by atoms with Gasteiger partial charge in [-0.25, -0.2) is 4.98 Å². The smallest absolute Gasteiger partial charge is 0.236 e. The fraction of sp³-hybridized carbons (Fsp3) is 0.250. The van der Waals surface area contributed by atoms with Crippen molar-refractivity contribution in [2.24, 2.45) is 5.73 Å². The molecule has 0 amide bonds. The van der Waals surface area contributed by atoms with E-state index >= 15 is 0 Å². The molecule has 0 aromatic carbocycles. The SMILES string of the molecule is N#CC[C@H](N)c1cnc(F)c(N)c1. The van der Waals surface area contributed by atoms with Gasteiger partial charge in [0.2, 0.25) is 5.95 Å². The summed E-state index contributed by atoms with van der Waals surface area (Å²) in [6, 6.07) is 2.85. The third-order valence-electron chi connectivity index (χ3n) is 1.63. The summed E-state index contributed by atoms with van der Waals surface area (Å²) < 4.78 is 12.6. The zero-order chi connectivity index (χ0) is 9.84. The number of rotatable bonds is 2. The minimum Gasteiger partial charge on any atom is -0.395 e. The van der Waals surface area contributed by atoms with Gasteiger partial charge in [-0.1, -0.05) is 0 Å². The Morgan fingerprint density at radius 3 is 2.92 bits per heavy atom. The van der Waals surface area contributed by atoms with Crippen LogP contribution in [0.4, 0.5) is 10.1 Å². The predicted molar refractivity (Wildman–Crippen MR) is 45.8 cm³/mol. The van der Waals surface area contributed by atoms with Crippen molar-refractivity contribution in [3.05, 3.63) is 23.8 Å². The molecule has 0 saturated heterocycles. The minimum atomic E-state index is -0.715. The van der Waals surface area contributed by atoms with Crippen molar-refractivity contribution < 1.29 is 4.39 Å². The van der Waals surface area contributed by atoms with E-state index in [9.17, 15) is 4.39 Å². The number of hydrogen-bond acceptors (Lipinski definition) is 4. The number of nitrogens with two attached hydrogens (primary N) is 2. The molecule has 4 N–H and O–H groups in total. The molecule has 68 valence electrons. The van der Waals surface area contributed by atoms with Crippen LogP contribution in [0.25, 0.3) is 0 Å². The summed E-state index contributed by atoms with van der Waals surface area (Å²) in [7, 11) is 0. The Kier molecular flexibility index (Phi) is 2.77. The van der Waals surface area contributed by atoms with E-state index in [0.29, 0.717) is 5.56 Å². The molecule has 1 aromatic heterocycles. The third kappa shape index (κ3) is 2.13. The number of nitrogen functional groups attached to an aromatic ring is 1. The second-order valence-corrected chi connectivity index (χ2v) is 2.62. The maximum absolute atomic E-state index is 12.6. The first kappa shape index (κ1) is 9.42. The second kappa shape index (κ2) is 3.83.